The third-order valence-electron chi connectivity index (χ3n) is 4.17. The number of methoxy groups -OCH3 is 1. The van der Waals surface area contributed by atoms with Gasteiger partial charge in [-0.2, -0.15) is 0 Å². The molecule has 3 aromatic rings. The quantitative estimate of drug-likeness (QED) is 0.542. The summed E-state index contributed by atoms with van der Waals surface area (Å²) < 4.78 is 32.7. The number of carbonyl (C=O) groups is 1. The third kappa shape index (κ3) is 6.00. The molecule has 3 rings (SSSR count). The van der Waals surface area contributed by atoms with E-state index in [1.807, 2.05) is 6.07 Å². The Morgan fingerprint density at radius 1 is 1.07 bits per heavy atom. The normalized spacial score (nSPS) is 11.4. The number of ether oxygens (including phenoxy) is 1. The van der Waals surface area contributed by atoms with Crippen molar-refractivity contribution in [2.24, 2.45) is 0 Å². The van der Waals surface area contributed by atoms with E-state index in [9.17, 15) is 13.2 Å². The first-order chi connectivity index (χ1) is 14.5. The van der Waals surface area contributed by atoms with Crippen molar-refractivity contribution in [3.63, 3.8) is 0 Å². The highest BCUT2D eigenvalue weighted by Crippen LogP contribution is 2.16. The van der Waals surface area contributed by atoms with Crippen LogP contribution in [0.2, 0.25) is 0 Å². The van der Waals surface area contributed by atoms with Crippen LogP contribution in [-0.4, -0.2) is 26.4 Å². The van der Waals surface area contributed by atoms with E-state index in [0.29, 0.717) is 11.4 Å². The number of pyridine rings is 1. The molecule has 2 N–H and O–H groups in total. The Kier molecular flexibility index (Phi) is 6.95. The molecule has 0 saturated carbocycles. The van der Waals surface area contributed by atoms with Gasteiger partial charge in [0.05, 0.1) is 12.0 Å². The van der Waals surface area contributed by atoms with Crippen molar-refractivity contribution in [1.29, 1.82) is 0 Å². The molecule has 0 radical (unpaired) electrons. The van der Waals surface area contributed by atoms with E-state index in [-0.39, 0.29) is 17.3 Å². The lowest BCUT2D eigenvalue weighted by Crippen LogP contribution is -2.23. The second-order valence-corrected chi connectivity index (χ2v) is 8.07. The van der Waals surface area contributed by atoms with E-state index < -0.39 is 10.0 Å². The molecule has 154 valence electrons. The minimum Gasteiger partial charge on any atom is -0.497 e. The average molecular weight is 423 g/mol. The summed E-state index contributed by atoms with van der Waals surface area (Å²) in [6.07, 6.45) is 6.34. The fourth-order valence-electron chi connectivity index (χ4n) is 2.59. The maximum Gasteiger partial charge on any atom is 0.248 e. The molecular formula is C22H21N3O4S. The fraction of sp³-hybridized carbons (Fsp3) is 0.0909. The Bertz CT molecular complexity index is 1130. The number of rotatable bonds is 8. The molecule has 0 saturated heterocycles. The number of anilines is 1. The highest BCUT2D eigenvalue weighted by atomic mass is 32.2. The van der Waals surface area contributed by atoms with Gasteiger partial charge in [-0.25, -0.2) is 13.1 Å². The summed E-state index contributed by atoms with van der Waals surface area (Å²) in [6, 6.07) is 16.7. The van der Waals surface area contributed by atoms with Gasteiger partial charge in [-0.3, -0.25) is 9.78 Å². The van der Waals surface area contributed by atoms with E-state index in [0.717, 1.165) is 11.1 Å². The van der Waals surface area contributed by atoms with Crippen LogP contribution in [0.4, 0.5) is 5.69 Å². The molecule has 0 aliphatic rings. The van der Waals surface area contributed by atoms with Crippen LogP contribution in [0.5, 0.6) is 5.75 Å². The number of carbonyl (C=O) groups excluding carboxylic acids is 1. The van der Waals surface area contributed by atoms with Crippen molar-refractivity contribution < 1.29 is 17.9 Å². The largest absolute Gasteiger partial charge is 0.497 e. The van der Waals surface area contributed by atoms with Crippen molar-refractivity contribution in [1.82, 2.24) is 9.71 Å². The molecule has 30 heavy (non-hydrogen) atoms. The molecule has 0 fully saturated rings. The van der Waals surface area contributed by atoms with Crippen LogP contribution in [0, 0.1) is 0 Å². The van der Waals surface area contributed by atoms with Crippen LogP contribution in [0.25, 0.3) is 6.08 Å². The predicted octanol–water partition coefficient (Wildman–Crippen LogP) is 3.22. The zero-order chi connectivity index (χ0) is 21.4. The molecule has 8 heteroatoms. The van der Waals surface area contributed by atoms with E-state index >= 15 is 0 Å². The van der Waals surface area contributed by atoms with Gasteiger partial charge < -0.3 is 10.1 Å². The number of amides is 1. The van der Waals surface area contributed by atoms with Crippen LogP contribution >= 0.6 is 0 Å². The first-order valence-electron chi connectivity index (χ1n) is 9.08. The first kappa shape index (κ1) is 21.2. The van der Waals surface area contributed by atoms with Gasteiger partial charge in [-0.05, 0) is 65.7 Å². The molecule has 0 unspecified atom stereocenters. The monoisotopic (exact) mass is 423 g/mol. The van der Waals surface area contributed by atoms with Gasteiger partial charge in [0.1, 0.15) is 5.75 Å². The first-order valence-corrected chi connectivity index (χ1v) is 10.6. The summed E-state index contributed by atoms with van der Waals surface area (Å²) in [5.74, 6) is 0.336. The SMILES string of the molecule is COc1cccc(CNS(=O)(=O)c2ccc(NC(=O)/C=C/c3ccncc3)cc2)c1. The van der Waals surface area contributed by atoms with Crippen molar-refractivity contribution in [2.75, 3.05) is 12.4 Å². The molecule has 0 aliphatic carbocycles. The zero-order valence-corrected chi connectivity index (χ0v) is 17.1. The Labute approximate surface area is 175 Å². The molecule has 1 aromatic heterocycles. The van der Waals surface area contributed by atoms with E-state index in [1.54, 1.807) is 55.9 Å². The zero-order valence-electron chi connectivity index (χ0n) is 16.3. The van der Waals surface area contributed by atoms with Gasteiger partial charge in [0.2, 0.25) is 15.9 Å². The highest BCUT2D eigenvalue weighted by Gasteiger charge is 2.14. The van der Waals surface area contributed by atoms with Gasteiger partial charge in [-0.1, -0.05) is 12.1 Å². The number of hydrogen-bond donors (Lipinski definition) is 2. The summed E-state index contributed by atoms with van der Waals surface area (Å²) in [4.78, 5) is 16.0. The standard InChI is InChI=1S/C22H21N3O4S/c1-29-20-4-2-3-18(15-20)16-24-30(27,28)21-8-6-19(7-9-21)25-22(26)10-5-17-11-13-23-14-12-17/h2-15,24H,16H2,1H3,(H,25,26)/b10-5+. The van der Waals surface area contributed by atoms with Gasteiger partial charge in [-0.15, -0.1) is 0 Å². The summed E-state index contributed by atoms with van der Waals surface area (Å²) in [5, 5.41) is 2.69. The van der Waals surface area contributed by atoms with Gasteiger partial charge in [0.25, 0.3) is 0 Å². The molecule has 7 nitrogen and oxygen atoms in total. The number of benzene rings is 2. The minimum atomic E-state index is -3.69. The summed E-state index contributed by atoms with van der Waals surface area (Å²) in [6.45, 7) is 0.137. The fourth-order valence-corrected chi connectivity index (χ4v) is 3.61. The second-order valence-electron chi connectivity index (χ2n) is 6.30. The van der Waals surface area contributed by atoms with Gasteiger partial charge in [0, 0.05) is 30.7 Å². The third-order valence-corrected chi connectivity index (χ3v) is 5.58. The number of nitrogens with zero attached hydrogens (tertiary/aromatic N) is 1. The Balaban J connectivity index is 1.59. The topological polar surface area (TPSA) is 97.4 Å². The summed E-state index contributed by atoms with van der Waals surface area (Å²) in [5.41, 5.74) is 2.12. The Morgan fingerprint density at radius 2 is 1.80 bits per heavy atom. The second kappa shape index (κ2) is 9.82. The number of hydrogen-bond acceptors (Lipinski definition) is 5. The predicted molar refractivity (Wildman–Crippen MR) is 115 cm³/mol. The molecule has 1 heterocycles. The maximum atomic E-state index is 12.5. The van der Waals surface area contributed by atoms with Gasteiger partial charge in [0.15, 0.2) is 0 Å². The van der Waals surface area contributed by atoms with Crippen LogP contribution in [0.3, 0.4) is 0 Å². The summed E-state index contributed by atoms with van der Waals surface area (Å²) in [7, 11) is -2.14. The lowest BCUT2D eigenvalue weighted by Gasteiger charge is -2.09. The summed E-state index contributed by atoms with van der Waals surface area (Å²) >= 11 is 0. The molecule has 0 atom stereocenters. The lowest BCUT2D eigenvalue weighted by atomic mass is 10.2. The highest BCUT2D eigenvalue weighted by molar-refractivity contribution is 7.89. The minimum absolute atomic E-state index is 0.107. The van der Waals surface area contributed by atoms with E-state index in [4.69, 9.17) is 4.74 Å². The molecule has 1 amide bonds. The maximum absolute atomic E-state index is 12.5. The van der Waals surface area contributed by atoms with Crippen LogP contribution in [-0.2, 0) is 21.4 Å². The lowest BCUT2D eigenvalue weighted by molar-refractivity contribution is -0.111. The van der Waals surface area contributed by atoms with E-state index in [1.165, 1.54) is 30.3 Å². The van der Waals surface area contributed by atoms with Crippen LogP contribution < -0.4 is 14.8 Å². The smallest absolute Gasteiger partial charge is 0.248 e. The van der Waals surface area contributed by atoms with Crippen molar-refractivity contribution >= 4 is 27.7 Å². The number of nitrogens with one attached hydrogen (secondary N) is 2. The van der Waals surface area contributed by atoms with Crippen LogP contribution in [0.1, 0.15) is 11.1 Å². The van der Waals surface area contributed by atoms with Gasteiger partial charge >= 0.3 is 0 Å². The number of sulfonamides is 1. The molecular weight excluding hydrogens is 402 g/mol. The number of aromatic nitrogens is 1. The van der Waals surface area contributed by atoms with E-state index in [2.05, 4.69) is 15.0 Å². The van der Waals surface area contributed by atoms with Crippen molar-refractivity contribution in [2.45, 2.75) is 11.4 Å². The molecule has 0 bridgehead atoms. The molecule has 2 aromatic carbocycles. The van der Waals surface area contributed by atoms with Crippen molar-refractivity contribution in [3.8, 4) is 5.75 Å². The van der Waals surface area contributed by atoms with Crippen molar-refractivity contribution in [3.05, 3.63) is 90.3 Å². The Hall–Kier alpha value is -3.49. The molecule has 0 spiro atoms. The average Bonchev–Trinajstić information content (AvgIpc) is 2.77. The molecule has 0 aliphatic heterocycles. The van der Waals surface area contributed by atoms with Crippen LogP contribution in [0.15, 0.2) is 84.0 Å². The Morgan fingerprint density at radius 3 is 2.50 bits per heavy atom.